The molecule has 0 aliphatic carbocycles. The van der Waals surface area contributed by atoms with Crippen LogP contribution in [0.5, 0.6) is 0 Å². The van der Waals surface area contributed by atoms with Gasteiger partial charge in [0.2, 0.25) is 0 Å². The van der Waals surface area contributed by atoms with E-state index in [1.165, 1.54) is 62.9 Å². The molecule has 226 valence electrons. The maximum absolute atomic E-state index is 8.08. The summed E-state index contributed by atoms with van der Waals surface area (Å²) >= 11 is 0. The van der Waals surface area contributed by atoms with Crippen molar-refractivity contribution < 1.29 is 14.7 Å². The Hall–Kier alpha value is -2.06. The van der Waals surface area contributed by atoms with E-state index in [1.807, 2.05) is 37.2 Å². The first-order chi connectivity index (χ1) is 18.7. The Morgan fingerprint density at radius 2 is 0.795 bits per heavy atom. The molecule has 0 radical (unpaired) electrons. The first-order valence-corrected chi connectivity index (χ1v) is 16.9. The normalized spacial score (nSPS) is 11.0. The summed E-state index contributed by atoms with van der Waals surface area (Å²) in [5.41, 5.74) is 0. The van der Waals surface area contributed by atoms with Gasteiger partial charge in [-0.1, -0.05) is 40.0 Å². The zero-order chi connectivity index (χ0) is 29.5. The Balaban J connectivity index is 0.000000505. The molecule has 0 saturated carbocycles. The van der Waals surface area contributed by atoms with Crippen LogP contribution in [-0.2, 0) is 38.9 Å². The summed E-state index contributed by atoms with van der Waals surface area (Å²) < 4.78 is 6.61. The Morgan fingerprint density at radius 1 is 0.538 bits per heavy atom. The molecule has 3 aromatic heterocycles. The van der Waals surface area contributed by atoms with E-state index in [9.17, 15) is 0 Å². The van der Waals surface area contributed by atoms with Gasteiger partial charge in [0.25, 0.3) is 0 Å². The van der Waals surface area contributed by atoms with E-state index in [1.54, 1.807) is 0 Å². The second-order valence-corrected chi connectivity index (χ2v) is 11.6. The fraction of sp³-hybridized carbons (Fsp3) is 0.690. The minimum absolute atomic E-state index is 0.0764. The van der Waals surface area contributed by atoms with E-state index >= 15 is 0 Å². The molecule has 0 spiro atoms. The molecule has 0 atom stereocenters. The number of hydrogen-bond acceptors (Lipinski definition) is 6. The molecule has 0 aliphatic heterocycles. The molecule has 39 heavy (non-hydrogen) atoms. The van der Waals surface area contributed by atoms with E-state index in [2.05, 4.69) is 70.2 Å². The fourth-order valence-electron chi connectivity index (χ4n) is 3.57. The topological polar surface area (TPSA) is 114 Å². The van der Waals surface area contributed by atoms with Crippen molar-refractivity contribution in [2.75, 3.05) is 6.16 Å². The number of aryl methyl sites for hydroxylation is 6. The summed E-state index contributed by atoms with van der Waals surface area (Å²) in [7, 11) is -3.63. The SMILES string of the molecule is CCCCc1nccn1CC.CCCCc1nccn1CC.CCCCc1nccn1CC.CC[PH](O)(O)O. The molecule has 3 heterocycles. The summed E-state index contributed by atoms with van der Waals surface area (Å²) in [5, 5.41) is 0. The van der Waals surface area contributed by atoms with Gasteiger partial charge < -0.3 is 13.7 Å². The van der Waals surface area contributed by atoms with Crippen LogP contribution in [-0.4, -0.2) is 49.5 Å². The average molecular weight is 569 g/mol. The molecule has 0 fully saturated rings. The van der Waals surface area contributed by atoms with Gasteiger partial charge in [0, 0.05) is 76.1 Å². The molecular formula is C29H57N6O3P. The van der Waals surface area contributed by atoms with Gasteiger partial charge in [-0.05, 0) is 40.0 Å². The molecule has 10 heteroatoms. The summed E-state index contributed by atoms with van der Waals surface area (Å²) in [6.07, 6.45) is 22.7. The van der Waals surface area contributed by atoms with Crippen LogP contribution in [0.3, 0.4) is 0 Å². The van der Waals surface area contributed by atoms with Crippen LogP contribution in [0.15, 0.2) is 37.2 Å². The van der Waals surface area contributed by atoms with Crippen molar-refractivity contribution in [2.45, 2.75) is 126 Å². The second kappa shape index (κ2) is 22.7. The Bertz CT molecular complexity index is 839. The van der Waals surface area contributed by atoms with Gasteiger partial charge in [0.1, 0.15) is 17.5 Å². The predicted molar refractivity (Wildman–Crippen MR) is 165 cm³/mol. The minimum atomic E-state index is -3.63. The molecule has 0 unspecified atom stereocenters. The van der Waals surface area contributed by atoms with Gasteiger partial charge >= 0.3 is 35.7 Å². The van der Waals surface area contributed by atoms with Gasteiger partial charge in [0.15, 0.2) is 0 Å². The van der Waals surface area contributed by atoms with Crippen molar-refractivity contribution in [1.29, 1.82) is 0 Å². The van der Waals surface area contributed by atoms with Crippen molar-refractivity contribution in [2.24, 2.45) is 0 Å². The molecular weight excluding hydrogens is 511 g/mol. The molecule has 0 aliphatic rings. The van der Waals surface area contributed by atoms with Crippen molar-refractivity contribution in [3.05, 3.63) is 54.7 Å². The maximum atomic E-state index is 8.08. The van der Waals surface area contributed by atoms with E-state index < -0.39 is 7.94 Å². The van der Waals surface area contributed by atoms with Gasteiger partial charge in [-0.3, -0.25) is 0 Å². The number of rotatable bonds is 13. The second-order valence-electron chi connectivity index (χ2n) is 9.33. The number of aromatic nitrogens is 6. The first kappa shape index (κ1) is 36.9. The summed E-state index contributed by atoms with van der Waals surface area (Å²) in [4.78, 5) is 37.1. The summed E-state index contributed by atoms with van der Waals surface area (Å²) in [6, 6.07) is 0. The van der Waals surface area contributed by atoms with Crippen LogP contribution in [0.4, 0.5) is 0 Å². The van der Waals surface area contributed by atoms with E-state index in [0.717, 1.165) is 38.9 Å². The molecule has 0 aromatic carbocycles. The molecule has 3 N–H and O–H groups in total. The fourth-order valence-corrected chi connectivity index (χ4v) is 3.57. The third-order valence-electron chi connectivity index (χ3n) is 6.16. The zero-order valence-electron chi connectivity index (χ0n) is 25.7. The molecule has 0 bridgehead atoms. The standard InChI is InChI=1S/3C9H16N2.C2H9O3P/c3*1-3-5-6-9-10-7-8-11(9)4-2;1-2-6(3,4)5/h3*7-8H,3-6H2,1-2H3;3-6H,2H2,1H3. The Kier molecular flexibility index (Phi) is 21.5. The molecule has 3 rings (SSSR count). The third-order valence-corrected chi connectivity index (χ3v) is 7.11. The third kappa shape index (κ3) is 17.3. The monoisotopic (exact) mass is 568 g/mol. The predicted octanol–water partition coefficient (Wildman–Crippen LogP) is 6.21. The van der Waals surface area contributed by atoms with Crippen molar-refractivity contribution >= 4 is 7.94 Å². The van der Waals surface area contributed by atoms with Crippen molar-refractivity contribution in [3.8, 4) is 0 Å². The van der Waals surface area contributed by atoms with Crippen LogP contribution in [0, 0.1) is 0 Å². The molecule has 3 aromatic rings. The van der Waals surface area contributed by atoms with Crippen LogP contribution < -0.4 is 0 Å². The number of unbranched alkanes of at least 4 members (excludes halogenated alkanes) is 3. The average Bonchev–Trinajstić information content (AvgIpc) is 3.70. The van der Waals surface area contributed by atoms with Gasteiger partial charge in [0.05, 0.1) is 0 Å². The Morgan fingerprint density at radius 3 is 0.974 bits per heavy atom. The van der Waals surface area contributed by atoms with E-state index in [-0.39, 0.29) is 6.16 Å². The summed E-state index contributed by atoms with van der Waals surface area (Å²) in [5.74, 6) is 3.69. The molecule has 0 saturated heterocycles. The number of imidazole rings is 3. The van der Waals surface area contributed by atoms with Crippen LogP contribution in [0.1, 0.15) is 104 Å². The van der Waals surface area contributed by atoms with E-state index in [0.29, 0.717) is 0 Å². The van der Waals surface area contributed by atoms with Gasteiger partial charge in [-0.25, -0.2) is 15.0 Å². The van der Waals surface area contributed by atoms with Crippen molar-refractivity contribution in [1.82, 2.24) is 28.7 Å². The van der Waals surface area contributed by atoms with Crippen molar-refractivity contribution in [3.63, 3.8) is 0 Å². The van der Waals surface area contributed by atoms with Crippen LogP contribution >= 0.6 is 7.94 Å². The first-order valence-electron chi connectivity index (χ1n) is 14.9. The summed E-state index contributed by atoms with van der Waals surface area (Å²) in [6.45, 7) is 17.7. The van der Waals surface area contributed by atoms with Crippen LogP contribution in [0.25, 0.3) is 0 Å². The zero-order valence-corrected chi connectivity index (χ0v) is 26.7. The van der Waals surface area contributed by atoms with Gasteiger partial charge in [-0.2, -0.15) is 0 Å². The van der Waals surface area contributed by atoms with E-state index in [4.69, 9.17) is 14.7 Å². The Labute approximate surface area is 238 Å². The van der Waals surface area contributed by atoms with Gasteiger partial charge in [-0.15, -0.1) is 0 Å². The van der Waals surface area contributed by atoms with Crippen LogP contribution in [0.2, 0.25) is 0 Å². The number of hydrogen-bond donors (Lipinski definition) is 3. The quantitative estimate of drug-likeness (QED) is 0.211. The number of nitrogens with zero attached hydrogens (tertiary/aromatic N) is 6. The molecule has 0 amide bonds. The molecule has 9 nitrogen and oxygen atoms in total.